The number of esters is 1. The van der Waals surface area contributed by atoms with Gasteiger partial charge >= 0.3 is 5.97 Å². The first-order valence-electron chi connectivity index (χ1n) is 12.6. The van der Waals surface area contributed by atoms with Gasteiger partial charge in [-0.05, 0) is 85.0 Å². The highest BCUT2D eigenvalue weighted by Crippen LogP contribution is 2.63. The minimum atomic E-state index is -0.777. The molecule has 4 saturated carbocycles. The van der Waals surface area contributed by atoms with Crippen molar-refractivity contribution in [1.82, 2.24) is 5.32 Å². The van der Waals surface area contributed by atoms with Gasteiger partial charge in [-0.1, -0.05) is 42.5 Å². The zero-order chi connectivity index (χ0) is 24.4. The molecule has 7 heteroatoms. The van der Waals surface area contributed by atoms with Crippen LogP contribution >= 0.6 is 0 Å². The second-order valence-electron chi connectivity index (χ2n) is 10.7. The van der Waals surface area contributed by atoms with Gasteiger partial charge in [0.2, 0.25) is 5.91 Å². The van der Waals surface area contributed by atoms with Crippen LogP contribution in [0.5, 0.6) is 0 Å². The first kappa shape index (κ1) is 23.4. The number of nitrogens with two attached hydrogens (primary N) is 2. The van der Waals surface area contributed by atoms with Gasteiger partial charge in [-0.3, -0.25) is 9.59 Å². The average molecular weight is 475 g/mol. The Morgan fingerprint density at radius 2 is 1.51 bits per heavy atom. The van der Waals surface area contributed by atoms with Crippen molar-refractivity contribution in [2.24, 2.45) is 45.5 Å². The number of carbonyl (C=O) groups excluding carboxylic acids is 2. The summed E-state index contributed by atoms with van der Waals surface area (Å²) < 4.78 is 5.77. The predicted molar refractivity (Wildman–Crippen MR) is 134 cm³/mol. The molecule has 0 saturated heterocycles. The molecule has 7 nitrogen and oxygen atoms in total. The van der Waals surface area contributed by atoms with E-state index in [0.29, 0.717) is 30.0 Å². The third kappa shape index (κ3) is 5.19. The van der Waals surface area contributed by atoms with E-state index in [9.17, 15) is 9.59 Å². The minimum absolute atomic E-state index is 0.00141. The third-order valence-electron chi connectivity index (χ3n) is 8.08. The van der Waals surface area contributed by atoms with Crippen LogP contribution in [0.4, 0.5) is 5.69 Å². The standard InChI is InChI=1S/C28H34N4O3/c29-27(30)32-23-8-6-18(7-9-23)16-31-25(33)24(26(34)35-17-19-4-2-1-3-5-19)28-13-20-10-21(14-28)12-22(11-20)15-28/h1-9,20-22,24H,10-17H2,(H,31,33)(H4,29,30,32). The molecule has 4 fully saturated rings. The fraction of sp³-hybridized carbons (Fsp3) is 0.464. The van der Waals surface area contributed by atoms with E-state index in [1.54, 1.807) is 12.1 Å². The van der Waals surface area contributed by atoms with Gasteiger partial charge in [-0.15, -0.1) is 0 Å². The third-order valence-corrected chi connectivity index (χ3v) is 8.08. The van der Waals surface area contributed by atoms with Crippen LogP contribution in [0.15, 0.2) is 59.6 Å². The van der Waals surface area contributed by atoms with Crippen LogP contribution in [0.3, 0.4) is 0 Å². The fourth-order valence-electron chi connectivity index (χ4n) is 7.11. The highest BCUT2D eigenvalue weighted by atomic mass is 16.5. The maximum atomic E-state index is 13.6. The summed E-state index contributed by atoms with van der Waals surface area (Å²) >= 11 is 0. The van der Waals surface area contributed by atoms with Gasteiger partial charge in [-0.2, -0.15) is 0 Å². The Hall–Kier alpha value is -3.35. The molecule has 5 N–H and O–H groups in total. The molecule has 1 unspecified atom stereocenters. The molecule has 4 aliphatic carbocycles. The highest BCUT2D eigenvalue weighted by molar-refractivity contribution is 5.98. The number of nitrogens with zero attached hydrogens (tertiary/aromatic N) is 1. The van der Waals surface area contributed by atoms with Crippen molar-refractivity contribution in [1.29, 1.82) is 0 Å². The second kappa shape index (κ2) is 9.72. The topological polar surface area (TPSA) is 120 Å². The molecule has 2 aromatic carbocycles. The zero-order valence-electron chi connectivity index (χ0n) is 20.0. The molecule has 2 aromatic rings. The van der Waals surface area contributed by atoms with Crippen molar-refractivity contribution < 1.29 is 14.3 Å². The van der Waals surface area contributed by atoms with E-state index >= 15 is 0 Å². The number of aliphatic imine (C=N–C) groups is 1. The summed E-state index contributed by atoms with van der Waals surface area (Å²) in [5.74, 6) is 0.485. The van der Waals surface area contributed by atoms with Crippen molar-refractivity contribution in [3.63, 3.8) is 0 Å². The molecule has 0 spiro atoms. The number of rotatable bonds is 8. The van der Waals surface area contributed by atoms with Crippen LogP contribution in [0.2, 0.25) is 0 Å². The molecule has 184 valence electrons. The Morgan fingerprint density at radius 1 is 0.914 bits per heavy atom. The van der Waals surface area contributed by atoms with E-state index in [1.807, 2.05) is 42.5 Å². The van der Waals surface area contributed by atoms with Gasteiger partial charge in [0.1, 0.15) is 12.5 Å². The van der Waals surface area contributed by atoms with Crippen LogP contribution in [0.1, 0.15) is 49.7 Å². The van der Waals surface area contributed by atoms with Crippen LogP contribution in [0.25, 0.3) is 0 Å². The smallest absolute Gasteiger partial charge is 0.319 e. The number of hydrogen-bond acceptors (Lipinski definition) is 4. The normalized spacial score (nSPS) is 27.1. The molecule has 1 atom stereocenters. The molecule has 35 heavy (non-hydrogen) atoms. The molecular weight excluding hydrogens is 440 g/mol. The van der Waals surface area contributed by atoms with Crippen molar-refractivity contribution in [3.05, 3.63) is 65.7 Å². The van der Waals surface area contributed by atoms with Crippen molar-refractivity contribution in [2.45, 2.75) is 51.7 Å². The van der Waals surface area contributed by atoms with Gasteiger partial charge in [0.05, 0.1) is 5.69 Å². The van der Waals surface area contributed by atoms with Crippen molar-refractivity contribution in [3.8, 4) is 0 Å². The van der Waals surface area contributed by atoms with Crippen molar-refractivity contribution in [2.75, 3.05) is 0 Å². The average Bonchev–Trinajstić information content (AvgIpc) is 2.82. The monoisotopic (exact) mass is 474 g/mol. The second-order valence-corrected chi connectivity index (χ2v) is 10.7. The Bertz CT molecular complexity index is 1060. The van der Waals surface area contributed by atoms with Crippen LogP contribution < -0.4 is 16.8 Å². The molecule has 1 amide bonds. The number of carbonyl (C=O) groups is 2. The van der Waals surface area contributed by atoms with Crippen molar-refractivity contribution >= 4 is 23.5 Å². The number of ether oxygens (including phenoxy) is 1. The maximum absolute atomic E-state index is 13.6. The molecule has 0 radical (unpaired) electrons. The van der Waals surface area contributed by atoms with E-state index in [1.165, 1.54) is 19.3 Å². The van der Waals surface area contributed by atoms with Crippen LogP contribution in [0, 0.1) is 29.1 Å². The molecule has 0 aromatic heterocycles. The largest absolute Gasteiger partial charge is 0.460 e. The number of guanidine groups is 1. The summed E-state index contributed by atoms with van der Waals surface area (Å²) in [6.45, 7) is 0.512. The van der Waals surface area contributed by atoms with Gasteiger partial charge < -0.3 is 21.5 Å². The number of benzene rings is 2. The lowest BCUT2D eigenvalue weighted by Crippen LogP contribution is -2.55. The lowest BCUT2D eigenvalue weighted by molar-refractivity contribution is -0.170. The summed E-state index contributed by atoms with van der Waals surface area (Å²) in [6.07, 6.45) is 6.58. The quantitative estimate of drug-likeness (QED) is 0.233. The van der Waals surface area contributed by atoms with E-state index < -0.39 is 11.9 Å². The minimum Gasteiger partial charge on any atom is -0.460 e. The van der Waals surface area contributed by atoms with Gasteiger partial charge in [0.15, 0.2) is 5.96 Å². The summed E-state index contributed by atoms with van der Waals surface area (Å²) in [5, 5.41) is 3.04. The van der Waals surface area contributed by atoms with Gasteiger partial charge in [-0.25, -0.2) is 4.99 Å². The molecule has 6 rings (SSSR count). The predicted octanol–water partition coefficient (Wildman–Crippen LogP) is 3.78. The first-order valence-corrected chi connectivity index (χ1v) is 12.6. The number of nitrogens with one attached hydrogen (secondary N) is 1. The lowest BCUT2D eigenvalue weighted by atomic mass is 9.46. The molecule has 4 bridgehead atoms. The van der Waals surface area contributed by atoms with Gasteiger partial charge in [0, 0.05) is 6.54 Å². The number of amides is 1. The van der Waals surface area contributed by atoms with Crippen LogP contribution in [-0.4, -0.2) is 17.8 Å². The fourth-order valence-corrected chi connectivity index (χ4v) is 7.11. The maximum Gasteiger partial charge on any atom is 0.319 e. The summed E-state index contributed by atoms with van der Waals surface area (Å²) in [7, 11) is 0. The Morgan fingerprint density at radius 3 is 2.09 bits per heavy atom. The van der Waals surface area contributed by atoms with E-state index in [4.69, 9.17) is 16.2 Å². The zero-order valence-corrected chi connectivity index (χ0v) is 20.0. The summed E-state index contributed by atoms with van der Waals surface area (Å²) in [6, 6.07) is 17.0. The number of hydrogen-bond donors (Lipinski definition) is 3. The van der Waals surface area contributed by atoms with Gasteiger partial charge in [0.25, 0.3) is 0 Å². The molecule has 0 heterocycles. The lowest BCUT2D eigenvalue weighted by Gasteiger charge is -2.58. The molecule has 4 aliphatic rings. The van der Waals surface area contributed by atoms with Crippen LogP contribution in [-0.2, 0) is 27.5 Å². The first-order chi connectivity index (χ1) is 16.9. The Balaban J connectivity index is 1.32. The highest BCUT2D eigenvalue weighted by Gasteiger charge is 2.58. The summed E-state index contributed by atoms with van der Waals surface area (Å²) in [4.78, 5) is 31.2. The molecule has 0 aliphatic heterocycles. The summed E-state index contributed by atoms with van der Waals surface area (Å²) in [5.41, 5.74) is 13.1. The van der Waals surface area contributed by atoms with E-state index in [2.05, 4.69) is 10.3 Å². The SMILES string of the molecule is NC(N)=Nc1ccc(CNC(=O)C(C(=O)OCc2ccccc2)C23CC4CC(CC(C4)C2)C3)cc1. The Kier molecular flexibility index (Phi) is 6.50. The van der Waals surface area contributed by atoms with E-state index in [0.717, 1.165) is 30.4 Å². The molecular formula is C28H34N4O3. The Labute approximate surface area is 206 Å². The van der Waals surface area contributed by atoms with E-state index in [-0.39, 0.29) is 23.9 Å².